The summed E-state index contributed by atoms with van der Waals surface area (Å²) < 4.78 is 14.3. The summed E-state index contributed by atoms with van der Waals surface area (Å²) in [6.07, 6.45) is 4.51. The van der Waals surface area contributed by atoms with Crippen molar-refractivity contribution in [2.24, 2.45) is 5.92 Å². The summed E-state index contributed by atoms with van der Waals surface area (Å²) in [5.74, 6) is -0.676. The lowest BCUT2D eigenvalue weighted by Gasteiger charge is -2.20. The van der Waals surface area contributed by atoms with Crippen LogP contribution in [0.1, 0.15) is 41.6 Å². The highest BCUT2D eigenvalue weighted by molar-refractivity contribution is 5.93. The molecule has 0 radical (unpaired) electrons. The minimum Gasteiger partial charge on any atom is -0.368 e. The number of fused-ring (bicyclic) bond motifs is 1. The third-order valence-electron chi connectivity index (χ3n) is 5.64. The van der Waals surface area contributed by atoms with Crippen molar-refractivity contribution in [3.05, 3.63) is 52.5 Å². The standard InChI is InChI=1S/C22H20FN5O/c23-18-9-14(11-24)5-6-20(18)28-8-7-16(13-28)22(29)27-21-17(12-25)10-15-3-1-2-4-19(15)26-21/h5-6,9-10,16H,1-4,7-8,13H2,(H,26,27,29). The number of benzene rings is 1. The molecule has 1 N–H and O–H groups in total. The molecule has 6 nitrogen and oxygen atoms in total. The minimum absolute atomic E-state index is 0.207. The minimum atomic E-state index is -0.465. The van der Waals surface area contributed by atoms with Crippen molar-refractivity contribution >= 4 is 17.4 Å². The van der Waals surface area contributed by atoms with E-state index in [0.717, 1.165) is 36.9 Å². The van der Waals surface area contributed by atoms with Gasteiger partial charge in [0.05, 0.1) is 28.8 Å². The molecule has 1 amide bonds. The molecule has 29 heavy (non-hydrogen) atoms. The van der Waals surface area contributed by atoms with Crippen LogP contribution in [0.3, 0.4) is 0 Å². The van der Waals surface area contributed by atoms with Crippen LogP contribution in [0.25, 0.3) is 0 Å². The molecule has 1 aliphatic carbocycles. The molecule has 0 bridgehead atoms. The predicted octanol–water partition coefficient (Wildman–Crippen LogP) is 3.31. The Kier molecular flexibility index (Phi) is 5.14. The first-order chi connectivity index (χ1) is 14.1. The second kappa shape index (κ2) is 7.89. The number of nitrogens with one attached hydrogen (secondary N) is 1. The van der Waals surface area contributed by atoms with E-state index in [4.69, 9.17) is 5.26 Å². The van der Waals surface area contributed by atoms with Gasteiger partial charge in [-0.1, -0.05) is 0 Å². The quantitative estimate of drug-likeness (QED) is 0.869. The summed E-state index contributed by atoms with van der Waals surface area (Å²) in [6.45, 7) is 0.922. The Morgan fingerprint density at radius 3 is 2.79 bits per heavy atom. The molecule has 1 aromatic heterocycles. The van der Waals surface area contributed by atoms with Crippen molar-refractivity contribution in [1.29, 1.82) is 10.5 Å². The number of amides is 1. The molecule has 1 unspecified atom stereocenters. The van der Waals surface area contributed by atoms with Crippen molar-refractivity contribution in [3.63, 3.8) is 0 Å². The van der Waals surface area contributed by atoms with Crippen molar-refractivity contribution < 1.29 is 9.18 Å². The molecule has 0 spiro atoms. The largest absolute Gasteiger partial charge is 0.368 e. The molecule has 1 fully saturated rings. The Hall–Kier alpha value is -3.45. The number of aryl methyl sites for hydroxylation is 2. The van der Waals surface area contributed by atoms with Gasteiger partial charge < -0.3 is 10.2 Å². The van der Waals surface area contributed by atoms with Gasteiger partial charge in [-0.2, -0.15) is 10.5 Å². The highest BCUT2D eigenvalue weighted by atomic mass is 19.1. The van der Waals surface area contributed by atoms with Crippen LogP contribution < -0.4 is 10.2 Å². The lowest BCUT2D eigenvalue weighted by atomic mass is 9.95. The average Bonchev–Trinajstić information content (AvgIpc) is 3.23. The lowest BCUT2D eigenvalue weighted by Crippen LogP contribution is -2.28. The normalized spacial score (nSPS) is 17.9. The van der Waals surface area contributed by atoms with E-state index in [-0.39, 0.29) is 17.4 Å². The fraction of sp³-hybridized carbons (Fsp3) is 0.364. The van der Waals surface area contributed by atoms with E-state index in [2.05, 4.69) is 16.4 Å². The molecule has 1 atom stereocenters. The Bertz CT molecular complexity index is 1050. The van der Waals surface area contributed by atoms with Crippen LogP contribution >= 0.6 is 0 Å². The molecule has 1 aliphatic heterocycles. The molecule has 7 heteroatoms. The number of carbonyl (C=O) groups is 1. The zero-order valence-electron chi connectivity index (χ0n) is 15.9. The summed E-state index contributed by atoms with van der Waals surface area (Å²) >= 11 is 0. The first-order valence-electron chi connectivity index (χ1n) is 9.77. The van der Waals surface area contributed by atoms with Gasteiger partial charge in [-0.3, -0.25) is 4.79 Å². The van der Waals surface area contributed by atoms with E-state index >= 15 is 0 Å². The molecular formula is C22H20FN5O. The smallest absolute Gasteiger partial charge is 0.230 e. The Balaban J connectivity index is 1.48. The van der Waals surface area contributed by atoms with Crippen molar-refractivity contribution in [2.45, 2.75) is 32.1 Å². The number of rotatable bonds is 3. The molecule has 2 aliphatic rings. The summed E-state index contributed by atoms with van der Waals surface area (Å²) in [5.41, 5.74) is 3.09. The lowest BCUT2D eigenvalue weighted by molar-refractivity contribution is -0.119. The Morgan fingerprint density at radius 2 is 2.03 bits per heavy atom. The third-order valence-corrected chi connectivity index (χ3v) is 5.64. The zero-order valence-corrected chi connectivity index (χ0v) is 15.9. The van der Waals surface area contributed by atoms with E-state index in [1.807, 2.05) is 17.0 Å². The van der Waals surface area contributed by atoms with E-state index < -0.39 is 5.82 Å². The number of nitrogens with zero attached hydrogens (tertiary/aromatic N) is 4. The van der Waals surface area contributed by atoms with Crippen molar-refractivity contribution in [1.82, 2.24) is 4.98 Å². The van der Waals surface area contributed by atoms with Crippen LogP contribution in [0.5, 0.6) is 0 Å². The van der Waals surface area contributed by atoms with Crippen LogP contribution in [0.2, 0.25) is 0 Å². The van der Waals surface area contributed by atoms with E-state index in [9.17, 15) is 14.4 Å². The Labute approximate surface area is 168 Å². The van der Waals surface area contributed by atoms with Gasteiger partial charge in [0.2, 0.25) is 5.91 Å². The number of nitriles is 2. The van der Waals surface area contributed by atoms with Gasteiger partial charge >= 0.3 is 0 Å². The monoisotopic (exact) mass is 389 g/mol. The van der Waals surface area contributed by atoms with Gasteiger partial charge in [-0.25, -0.2) is 9.37 Å². The van der Waals surface area contributed by atoms with Gasteiger partial charge in [-0.15, -0.1) is 0 Å². The zero-order chi connectivity index (χ0) is 20.4. The topological polar surface area (TPSA) is 92.8 Å². The maximum Gasteiger partial charge on any atom is 0.230 e. The highest BCUT2D eigenvalue weighted by Gasteiger charge is 2.30. The number of halogens is 1. The molecule has 2 aromatic rings. The van der Waals surface area contributed by atoms with Gasteiger partial charge in [0.15, 0.2) is 5.82 Å². The number of anilines is 2. The number of pyridine rings is 1. The summed E-state index contributed by atoms with van der Waals surface area (Å²) in [5, 5.41) is 21.1. The van der Waals surface area contributed by atoms with Crippen molar-refractivity contribution in [3.8, 4) is 12.1 Å². The fourth-order valence-electron chi connectivity index (χ4n) is 4.06. The van der Waals surface area contributed by atoms with Crippen LogP contribution in [0.15, 0.2) is 24.3 Å². The SMILES string of the molecule is N#Cc1ccc(N2CCC(C(=O)Nc3nc4c(cc3C#N)CCCC4)C2)c(F)c1. The number of carbonyl (C=O) groups excluding carboxylic acids is 1. The predicted molar refractivity (Wildman–Crippen MR) is 106 cm³/mol. The van der Waals surface area contributed by atoms with Crippen LogP contribution in [0.4, 0.5) is 15.9 Å². The third kappa shape index (κ3) is 3.77. The first-order valence-corrected chi connectivity index (χ1v) is 9.77. The second-order valence-electron chi connectivity index (χ2n) is 7.51. The van der Waals surface area contributed by atoms with Gasteiger partial charge in [0.25, 0.3) is 0 Å². The van der Waals surface area contributed by atoms with Gasteiger partial charge in [0, 0.05) is 18.8 Å². The fourth-order valence-corrected chi connectivity index (χ4v) is 4.06. The van der Waals surface area contributed by atoms with E-state index in [0.29, 0.717) is 36.6 Å². The number of hydrogen-bond acceptors (Lipinski definition) is 5. The summed E-state index contributed by atoms with van der Waals surface area (Å²) in [4.78, 5) is 19.1. The van der Waals surface area contributed by atoms with Crippen LogP contribution in [-0.2, 0) is 17.6 Å². The maximum absolute atomic E-state index is 14.3. The highest BCUT2D eigenvalue weighted by Crippen LogP contribution is 2.29. The first kappa shape index (κ1) is 18.9. The summed E-state index contributed by atoms with van der Waals surface area (Å²) in [6, 6.07) is 10.2. The van der Waals surface area contributed by atoms with Gasteiger partial charge in [-0.05, 0) is 61.9 Å². The molecule has 1 aromatic carbocycles. The van der Waals surface area contributed by atoms with Crippen molar-refractivity contribution in [2.75, 3.05) is 23.3 Å². The van der Waals surface area contributed by atoms with Crippen LogP contribution in [0, 0.1) is 34.4 Å². The molecule has 2 heterocycles. The second-order valence-corrected chi connectivity index (χ2v) is 7.51. The Morgan fingerprint density at radius 1 is 1.21 bits per heavy atom. The van der Waals surface area contributed by atoms with Crippen LogP contribution in [-0.4, -0.2) is 24.0 Å². The van der Waals surface area contributed by atoms with Gasteiger partial charge in [0.1, 0.15) is 11.9 Å². The van der Waals surface area contributed by atoms with E-state index in [1.54, 1.807) is 12.1 Å². The average molecular weight is 389 g/mol. The van der Waals surface area contributed by atoms with E-state index in [1.165, 1.54) is 6.07 Å². The number of hydrogen-bond donors (Lipinski definition) is 1. The summed E-state index contributed by atoms with van der Waals surface area (Å²) in [7, 11) is 0. The number of aromatic nitrogens is 1. The molecule has 146 valence electrons. The molecule has 4 rings (SSSR count). The molecular weight excluding hydrogens is 369 g/mol. The maximum atomic E-state index is 14.3. The molecule has 1 saturated heterocycles. The molecule has 0 saturated carbocycles.